The molecule has 0 radical (unpaired) electrons. The summed E-state index contributed by atoms with van der Waals surface area (Å²) >= 11 is 0. The third kappa shape index (κ3) is 3.29. The number of anilines is 1. The molecule has 0 aliphatic heterocycles. The molecular weight excluding hydrogens is 330 g/mol. The van der Waals surface area contributed by atoms with Crippen LogP contribution < -0.4 is 16.6 Å². The first-order valence-corrected chi connectivity index (χ1v) is 8.84. The van der Waals surface area contributed by atoms with Crippen LogP contribution in [0, 0.1) is 5.92 Å². The summed E-state index contributed by atoms with van der Waals surface area (Å²) in [4.78, 5) is 29.6. The Hall–Kier alpha value is -2.83. The number of aromatic nitrogens is 4. The zero-order valence-corrected chi connectivity index (χ0v) is 15.7. The molecule has 0 bridgehead atoms. The second-order valence-electron chi connectivity index (χ2n) is 6.99. The van der Waals surface area contributed by atoms with Crippen molar-refractivity contribution in [3.05, 3.63) is 56.7 Å². The number of imidazole rings is 1. The van der Waals surface area contributed by atoms with Gasteiger partial charge >= 0.3 is 5.69 Å². The molecule has 0 atom stereocenters. The molecule has 7 nitrogen and oxygen atoms in total. The van der Waals surface area contributed by atoms with Crippen molar-refractivity contribution in [3.63, 3.8) is 0 Å². The molecule has 0 spiro atoms. The first-order valence-electron chi connectivity index (χ1n) is 8.84. The lowest BCUT2D eigenvalue weighted by Gasteiger charge is -2.12. The van der Waals surface area contributed by atoms with Gasteiger partial charge in [-0.3, -0.25) is 18.5 Å². The van der Waals surface area contributed by atoms with Crippen LogP contribution in [0.4, 0.5) is 5.95 Å². The van der Waals surface area contributed by atoms with Gasteiger partial charge in [-0.1, -0.05) is 44.2 Å². The number of nitrogens with one attached hydrogen (secondary N) is 1. The van der Waals surface area contributed by atoms with Gasteiger partial charge in [-0.25, -0.2) is 4.79 Å². The van der Waals surface area contributed by atoms with Crippen LogP contribution in [0.3, 0.4) is 0 Å². The van der Waals surface area contributed by atoms with Crippen LogP contribution in [0.15, 0.2) is 39.9 Å². The molecule has 1 aromatic carbocycles. The Morgan fingerprint density at radius 1 is 1.08 bits per heavy atom. The molecule has 26 heavy (non-hydrogen) atoms. The number of rotatable bonds is 6. The molecule has 1 N–H and O–H groups in total. The van der Waals surface area contributed by atoms with E-state index in [9.17, 15) is 9.59 Å². The summed E-state index contributed by atoms with van der Waals surface area (Å²) in [5, 5.41) is 3.34. The first kappa shape index (κ1) is 18.0. The Labute approximate surface area is 151 Å². The smallest absolute Gasteiger partial charge is 0.332 e. The molecule has 3 aromatic rings. The van der Waals surface area contributed by atoms with E-state index in [1.165, 1.54) is 11.6 Å². The van der Waals surface area contributed by atoms with E-state index >= 15 is 0 Å². The Bertz CT molecular complexity index is 1030. The lowest BCUT2D eigenvalue weighted by atomic mass is 10.1. The monoisotopic (exact) mass is 355 g/mol. The second kappa shape index (κ2) is 7.19. The molecule has 0 amide bonds. The Morgan fingerprint density at radius 2 is 1.77 bits per heavy atom. The van der Waals surface area contributed by atoms with Crippen molar-refractivity contribution in [1.82, 2.24) is 18.7 Å². The number of benzene rings is 1. The van der Waals surface area contributed by atoms with Crippen LogP contribution in [-0.4, -0.2) is 25.2 Å². The van der Waals surface area contributed by atoms with Gasteiger partial charge in [-0.2, -0.15) is 4.98 Å². The molecule has 7 heteroatoms. The lowest BCUT2D eigenvalue weighted by Crippen LogP contribution is -2.37. The van der Waals surface area contributed by atoms with Gasteiger partial charge in [0.15, 0.2) is 11.2 Å². The first-order chi connectivity index (χ1) is 12.4. The van der Waals surface area contributed by atoms with Gasteiger partial charge in [-0.15, -0.1) is 0 Å². The quantitative estimate of drug-likeness (QED) is 0.733. The summed E-state index contributed by atoms with van der Waals surface area (Å²) in [7, 11) is 3.14. The van der Waals surface area contributed by atoms with Gasteiger partial charge in [0.25, 0.3) is 5.56 Å². The summed E-state index contributed by atoms with van der Waals surface area (Å²) in [5.41, 5.74) is 1.20. The van der Waals surface area contributed by atoms with Gasteiger partial charge in [0.1, 0.15) is 0 Å². The van der Waals surface area contributed by atoms with Crippen LogP contribution in [-0.2, 0) is 20.6 Å². The minimum atomic E-state index is -0.374. The van der Waals surface area contributed by atoms with E-state index in [1.807, 2.05) is 34.9 Å². The van der Waals surface area contributed by atoms with Crippen LogP contribution in [0.25, 0.3) is 11.2 Å². The van der Waals surface area contributed by atoms with E-state index in [-0.39, 0.29) is 11.2 Å². The average Bonchev–Trinajstić information content (AvgIpc) is 2.97. The highest BCUT2D eigenvalue weighted by Gasteiger charge is 2.19. The summed E-state index contributed by atoms with van der Waals surface area (Å²) in [6, 6.07) is 9.91. The van der Waals surface area contributed by atoms with E-state index in [0.717, 1.165) is 23.1 Å². The number of nitrogens with zero attached hydrogens (tertiary/aromatic N) is 4. The number of fused-ring (bicyclic) bond motifs is 1. The minimum absolute atomic E-state index is 0.330. The molecule has 0 fully saturated rings. The van der Waals surface area contributed by atoms with Crippen molar-refractivity contribution in [2.45, 2.75) is 26.8 Å². The zero-order chi connectivity index (χ0) is 18.8. The normalized spacial score (nSPS) is 11.4. The molecule has 2 heterocycles. The minimum Gasteiger partial charge on any atom is -0.356 e. The summed E-state index contributed by atoms with van der Waals surface area (Å²) < 4.78 is 4.42. The van der Waals surface area contributed by atoms with E-state index in [4.69, 9.17) is 0 Å². The highest BCUT2D eigenvalue weighted by molar-refractivity contribution is 5.74. The molecular formula is C19H25N5O2. The van der Waals surface area contributed by atoms with Gasteiger partial charge in [-0.05, 0) is 17.9 Å². The molecule has 0 unspecified atom stereocenters. The zero-order valence-electron chi connectivity index (χ0n) is 15.7. The predicted molar refractivity (Wildman–Crippen MR) is 104 cm³/mol. The van der Waals surface area contributed by atoms with Gasteiger partial charge in [0.05, 0.1) is 6.54 Å². The van der Waals surface area contributed by atoms with Crippen LogP contribution >= 0.6 is 0 Å². The Balaban J connectivity index is 2.16. The lowest BCUT2D eigenvalue weighted by molar-refractivity contribution is 0.604. The van der Waals surface area contributed by atoms with Crippen molar-refractivity contribution < 1.29 is 0 Å². The standard InChI is InChI=1S/C19H25N5O2/c1-13(2)10-11-20-18-21-16-15(17(25)23(4)19(26)22(16)3)24(18)12-14-8-6-5-7-9-14/h5-9,13H,10-12H2,1-4H3,(H,20,21). The van der Waals surface area contributed by atoms with Crippen molar-refractivity contribution in [2.24, 2.45) is 20.0 Å². The maximum atomic E-state index is 12.8. The van der Waals surface area contributed by atoms with Crippen molar-refractivity contribution in [2.75, 3.05) is 11.9 Å². The van der Waals surface area contributed by atoms with Gasteiger partial charge < -0.3 is 5.32 Å². The second-order valence-corrected chi connectivity index (χ2v) is 6.99. The van der Waals surface area contributed by atoms with Crippen molar-refractivity contribution in [3.8, 4) is 0 Å². The van der Waals surface area contributed by atoms with Crippen LogP contribution in [0.1, 0.15) is 25.8 Å². The molecule has 2 aromatic heterocycles. The molecule has 3 rings (SSSR count). The number of aryl methyl sites for hydroxylation is 1. The van der Waals surface area contributed by atoms with Crippen LogP contribution in [0.5, 0.6) is 0 Å². The Morgan fingerprint density at radius 3 is 2.42 bits per heavy atom. The Kier molecular flexibility index (Phi) is 4.97. The fraction of sp³-hybridized carbons (Fsp3) is 0.421. The van der Waals surface area contributed by atoms with Gasteiger partial charge in [0.2, 0.25) is 5.95 Å². The third-order valence-electron chi connectivity index (χ3n) is 4.54. The molecule has 0 aliphatic rings. The van der Waals surface area contributed by atoms with E-state index in [2.05, 4.69) is 24.1 Å². The predicted octanol–water partition coefficient (Wildman–Crippen LogP) is 1.94. The topological polar surface area (TPSA) is 73.8 Å². The third-order valence-corrected chi connectivity index (χ3v) is 4.54. The highest BCUT2D eigenvalue weighted by Crippen LogP contribution is 2.18. The largest absolute Gasteiger partial charge is 0.356 e. The summed E-state index contributed by atoms with van der Waals surface area (Å²) in [6.07, 6.45) is 0.992. The van der Waals surface area contributed by atoms with Crippen LogP contribution in [0.2, 0.25) is 0 Å². The summed E-state index contributed by atoms with van der Waals surface area (Å²) in [6.45, 7) is 5.58. The fourth-order valence-corrected chi connectivity index (χ4v) is 2.97. The molecule has 0 saturated carbocycles. The number of hydrogen-bond donors (Lipinski definition) is 1. The maximum Gasteiger partial charge on any atom is 0.332 e. The molecule has 0 saturated heterocycles. The average molecular weight is 355 g/mol. The van der Waals surface area contributed by atoms with E-state index in [1.54, 1.807) is 7.05 Å². The highest BCUT2D eigenvalue weighted by atomic mass is 16.2. The van der Waals surface area contributed by atoms with E-state index < -0.39 is 0 Å². The van der Waals surface area contributed by atoms with Crippen molar-refractivity contribution in [1.29, 1.82) is 0 Å². The number of hydrogen-bond acceptors (Lipinski definition) is 4. The summed E-state index contributed by atoms with van der Waals surface area (Å²) in [5.74, 6) is 1.18. The fourth-order valence-electron chi connectivity index (χ4n) is 2.97. The maximum absolute atomic E-state index is 12.8. The SMILES string of the molecule is CC(C)CCNc1nc2c(c(=O)n(C)c(=O)n2C)n1Cc1ccccc1. The molecule has 138 valence electrons. The van der Waals surface area contributed by atoms with E-state index in [0.29, 0.717) is 29.6 Å². The van der Waals surface area contributed by atoms with Gasteiger partial charge in [0, 0.05) is 20.6 Å². The van der Waals surface area contributed by atoms with Crippen molar-refractivity contribution >= 4 is 17.1 Å². The molecule has 0 aliphatic carbocycles.